The molecule has 1 saturated carbocycles. The second-order valence-corrected chi connectivity index (χ2v) is 5.49. The van der Waals surface area contributed by atoms with Gasteiger partial charge in [-0.1, -0.05) is 23.8 Å². The lowest BCUT2D eigenvalue weighted by molar-refractivity contribution is 0.280. The summed E-state index contributed by atoms with van der Waals surface area (Å²) in [6.07, 6.45) is 12.2. The third-order valence-corrected chi connectivity index (χ3v) is 3.43. The largest absolute Gasteiger partial charge is 0.326 e. The number of rotatable bonds is 3. The molecule has 0 aromatic rings. The maximum Gasteiger partial charge on any atom is 0.0100 e. The number of nitrogens with two attached hydrogens (primary N) is 1. The van der Waals surface area contributed by atoms with Crippen molar-refractivity contribution < 1.29 is 0 Å². The summed E-state index contributed by atoms with van der Waals surface area (Å²) in [7, 11) is 0. The molecule has 0 radical (unpaired) electrons. The first kappa shape index (κ1) is 9.97. The van der Waals surface area contributed by atoms with Gasteiger partial charge in [-0.2, -0.15) is 0 Å². The van der Waals surface area contributed by atoms with Crippen molar-refractivity contribution in [3.63, 3.8) is 0 Å². The third kappa shape index (κ3) is 2.27. The van der Waals surface area contributed by atoms with Crippen LogP contribution in [0.1, 0.15) is 39.5 Å². The molecule has 0 bridgehead atoms. The van der Waals surface area contributed by atoms with Crippen molar-refractivity contribution in [3.8, 4) is 0 Å². The summed E-state index contributed by atoms with van der Waals surface area (Å²) in [6, 6.07) is 0. The molecule has 78 valence electrons. The summed E-state index contributed by atoms with van der Waals surface area (Å²) in [5.41, 5.74) is 7.46. The molecule has 0 spiro atoms. The standard InChI is InChI=1S/C13H21N/c1-13(2,14)8-7-10-3-4-11-5-6-12(11)9-10/h3-4,9,11-12H,5-8,14H2,1-2H3. The highest BCUT2D eigenvalue weighted by atomic mass is 14.7. The van der Waals surface area contributed by atoms with Gasteiger partial charge in [0.05, 0.1) is 0 Å². The summed E-state index contributed by atoms with van der Waals surface area (Å²) >= 11 is 0. The van der Waals surface area contributed by atoms with E-state index in [4.69, 9.17) is 5.73 Å². The van der Waals surface area contributed by atoms with Crippen LogP contribution in [0.25, 0.3) is 0 Å². The Kier molecular flexibility index (Phi) is 2.52. The molecule has 2 aliphatic carbocycles. The maximum atomic E-state index is 5.98. The van der Waals surface area contributed by atoms with E-state index in [1.54, 1.807) is 0 Å². The lowest BCUT2D eigenvalue weighted by Crippen LogP contribution is -2.32. The van der Waals surface area contributed by atoms with Crippen LogP contribution in [0, 0.1) is 11.8 Å². The van der Waals surface area contributed by atoms with Crippen LogP contribution in [0.4, 0.5) is 0 Å². The fraction of sp³-hybridized carbons (Fsp3) is 0.692. The van der Waals surface area contributed by atoms with Gasteiger partial charge in [0.2, 0.25) is 0 Å². The first-order valence-electron chi connectivity index (χ1n) is 5.72. The number of hydrogen-bond acceptors (Lipinski definition) is 1. The van der Waals surface area contributed by atoms with Crippen LogP contribution >= 0.6 is 0 Å². The van der Waals surface area contributed by atoms with Crippen LogP contribution in [0.15, 0.2) is 23.8 Å². The highest BCUT2D eigenvalue weighted by Crippen LogP contribution is 2.40. The van der Waals surface area contributed by atoms with Crippen LogP contribution in [-0.4, -0.2) is 5.54 Å². The van der Waals surface area contributed by atoms with Gasteiger partial charge >= 0.3 is 0 Å². The van der Waals surface area contributed by atoms with Gasteiger partial charge in [-0.3, -0.25) is 0 Å². The highest BCUT2D eigenvalue weighted by molar-refractivity contribution is 5.28. The zero-order valence-electron chi connectivity index (χ0n) is 9.29. The Morgan fingerprint density at radius 1 is 1.36 bits per heavy atom. The molecule has 0 amide bonds. The maximum absolute atomic E-state index is 5.98. The first-order chi connectivity index (χ1) is 6.54. The molecule has 2 aliphatic rings. The van der Waals surface area contributed by atoms with Crippen molar-refractivity contribution in [1.82, 2.24) is 0 Å². The predicted octanol–water partition coefficient (Wildman–Crippen LogP) is 3.03. The Labute approximate surface area is 87.1 Å². The quantitative estimate of drug-likeness (QED) is 0.729. The average Bonchev–Trinajstić information content (AvgIpc) is 2.03. The van der Waals surface area contributed by atoms with Gasteiger partial charge in [0.25, 0.3) is 0 Å². The summed E-state index contributed by atoms with van der Waals surface area (Å²) < 4.78 is 0. The summed E-state index contributed by atoms with van der Waals surface area (Å²) in [4.78, 5) is 0. The molecule has 1 fully saturated rings. The SMILES string of the molecule is CC(C)(N)CCC1=CC2CCC2C=C1. The van der Waals surface area contributed by atoms with Crippen molar-refractivity contribution >= 4 is 0 Å². The first-order valence-corrected chi connectivity index (χ1v) is 5.72. The molecule has 1 heteroatoms. The smallest absolute Gasteiger partial charge is 0.0100 e. The van der Waals surface area contributed by atoms with Crippen LogP contribution in [0.5, 0.6) is 0 Å². The number of hydrogen-bond donors (Lipinski definition) is 1. The monoisotopic (exact) mass is 191 g/mol. The van der Waals surface area contributed by atoms with Crippen molar-refractivity contribution in [2.24, 2.45) is 17.6 Å². The van der Waals surface area contributed by atoms with Gasteiger partial charge in [0, 0.05) is 5.54 Å². The minimum Gasteiger partial charge on any atom is -0.326 e. The minimum absolute atomic E-state index is 0.0227. The zero-order chi connectivity index (χ0) is 10.2. The third-order valence-electron chi connectivity index (χ3n) is 3.43. The Morgan fingerprint density at radius 3 is 2.57 bits per heavy atom. The molecule has 0 saturated heterocycles. The van der Waals surface area contributed by atoms with E-state index < -0.39 is 0 Å². The van der Waals surface area contributed by atoms with Crippen LogP contribution < -0.4 is 5.73 Å². The van der Waals surface area contributed by atoms with Gasteiger partial charge in [-0.05, 0) is 51.4 Å². The topological polar surface area (TPSA) is 26.0 Å². The van der Waals surface area contributed by atoms with E-state index in [1.165, 1.54) is 18.4 Å². The summed E-state index contributed by atoms with van der Waals surface area (Å²) in [5.74, 6) is 1.72. The Balaban J connectivity index is 1.87. The Bertz CT molecular complexity index is 267. The van der Waals surface area contributed by atoms with Crippen LogP contribution in [0.3, 0.4) is 0 Å². The fourth-order valence-corrected chi connectivity index (χ4v) is 2.21. The van der Waals surface area contributed by atoms with E-state index in [9.17, 15) is 0 Å². The van der Waals surface area contributed by atoms with Crippen molar-refractivity contribution in [2.75, 3.05) is 0 Å². The van der Waals surface area contributed by atoms with Gasteiger partial charge in [-0.25, -0.2) is 0 Å². The zero-order valence-corrected chi connectivity index (χ0v) is 9.29. The van der Waals surface area contributed by atoms with E-state index in [0.29, 0.717) is 0 Å². The molecule has 0 aromatic heterocycles. The van der Waals surface area contributed by atoms with Crippen molar-refractivity contribution in [2.45, 2.75) is 45.1 Å². The number of fused-ring (bicyclic) bond motifs is 1. The fourth-order valence-electron chi connectivity index (χ4n) is 2.21. The van der Waals surface area contributed by atoms with Gasteiger partial charge in [0.1, 0.15) is 0 Å². The number of allylic oxidation sites excluding steroid dienone is 4. The highest BCUT2D eigenvalue weighted by Gasteiger charge is 2.29. The summed E-state index contributed by atoms with van der Waals surface area (Å²) in [6.45, 7) is 4.21. The molecule has 2 unspecified atom stereocenters. The molecule has 0 aliphatic heterocycles. The lowest BCUT2D eigenvalue weighted by Gasteiger charge is -2.35. The van der Waals surface area contributed by atoms with E-state index in [0.717, 1.165) is 24.7 Å². The van der Waals surface area contributed by atoms with E-state index in [1.807, 2.05) is 0 Å². The minimum atomic E-state index is -0.0227. The van der Waals surface area contributed by atoms with E-state index in [-0.39, 0.29) is 5.54 Å². The van der Waals surface area contributed by atoms with Crippen molar-refractivity contribution in [1.29, 1.82) is 0 Å². The van der Waals surface area contributed by atoms with Crippen molar-refractivity contribution in [3.05, 3.63) is 23.8 Å². The second kappa shape index (κ2) is 3.54. The summed E-state index contributed by atoms with van der Waals surface area (Å²) in [5, 5.41) is 0. The van der Waals surface area contributed by atoms with Gasteiger partial charge in [-0.15, -0.1) is 0 Å². The molecule has 2 N–H and O–H groups in total. The molecule has 1 nitrogen and oxygen atoms in total. The molecular formula is C13H21N. The second-order valence-electron chi connectivity index (χ2n) is 5.49. The molecule has 2 rings (SSSR count). The van der Waals surface area contributed by atoms with E-state index >= 15 is 0 Å². The van der Waals surface area contributed by atoms with E-state index in [2.05, 4.69) is 32.1 Å². The average molecular weight is 191 g/mol. The normalized spacial score (nSPS) is 30.6. The van der Waals surface area contributed by atoms with Gasteiger partial charge < -0.3 is 5.73 Å². The van der Waals surface area contributed by atoms with Crippen LogP contribution in [0.2, 0.25) is 0 Å². The molecular weight excluding hydrogens is 170 g/mol. The predicted molar refractivity (Wildman–Crippen MR) is 60.9 cm³/mol. The van der Waals surface area contributed by atoms with Crippen LogP contribution in [-0.2, 0) is 0 Å². The molecule has 14 heavy (non-hydrogen) atoms. The lowest BCUT2D eigenvalue weighted by atomic mass is 9.70. The molecule has 0 aromatic carbocycles. The molecule has 0 heterocycles. The molecule has 2 atom stereocenters. The van der Waals surface area contributed by atoms with Gasteiger partial charge in [0.15, 0.2) is 0 Å². The Hall–Kier alpha value is -0.560. The Morgan fingerprint density at radius 2 is 2.07 bits per heavy atom.